The average Bonchev–Trinajstić information content (AvgIpc) is 2.56. The molecule has 0 aliphatic rings. The molecule has 0 aliphatic heterocycles. The van der Waals surface area contributed by atoms with Gasteiger partial charge in [0.15, 0.2) is 0 Å². The smallest absolute Gasteiger partial charge is 0.251 e. The van der Waals surface area contributed by atoms with E-state index in [0.29, 0.717) is 17.1 Å². The van der Waals surface area contributed by atoms with E-state index in [1.807, 2.05) is 20.9 Å². The zero-order valence-corrected chi connectivity index (χ0v) is 16.0. The molecular formula is C17H27Cl2N3O2. The summed E-state index contributed by atoms with van der Waals surface area (Å²) in [6.07, 6.45) is 1.65. The van der Waals surface area contributed by atoms with Gasteiger partial charge in [-0.05, 0) is 50.2 Å². The maximum absolute atomic E-state index is 12.4. The number of amides is 2. The van der Waals surface area contributed by atoms with Gasteiger partial charge in [-0.2, -0.15) is 0 Å². The van der Waals surface area contributed by atoms with E-state index in [9.17, 15) is 9.59 Å². The average molecular weight is 376 g/mol. The Bertz CT molecular complexity index is 509. The molecule has 0 bridgehead atoms. The molecule has 0 spiro atoms. The first kappa shape index (κ1) is 22.7. The van der Waals surface area contributed by atoms with Gasteiger partial charge in [0.05, 0.1) is 0 Å². The molecule has 3 N–H and O–H groups in total. The Balaban J connectivity index is 0.00000529. The number of hydrogen-bond donors (Lipinski definition) is 3. The molecule has 0 aromatic heterocycles. The molecule has 136 valence electrons. The van der Waals surface area contributed by atoms with E-state index in [1.54, 1.807) is 24.3 Å². The third-order valence-corrected chi connectivity index (χ3v) is 4.04. The maximum atomic E-state index is 12.4. The molecule has 2 atom stereocenters. The minimum atomic E-state index is -0.544. The van der Waals surface area contributed by atoms with E-state index in [2.05, 4.69) is 16.0 Å². The highest BCUT2D eigenvalue weighted by molar-refractivity contribution is 6.30. The molecule has 24 heavy (non-hydrogen) atoms. The van der Waals surface area contributed by atoms with Gasteiger partial charge >= 0.3 is 0 Å². The third kappa shape index (κ3) is 7.51. The third-order valence-electron chi connectivity index (χ3n) is 3.79. The highest BCUT2D eigenvalue weighted by Crippen LogP contribution is 2.12. The highest BCUT2D eigenvalue weighted by atomic mass is 35.5. The predicted octanol–water partition coefficient (Wildman–Crippen LogP) is 2.63. The van der Waals surface area contributed by atoms with E-state index < -0.39 is 6.04 Å². The van der Waals surface area contributed by atoms with Crippen molar-refractivity contribution in [3.8, 4) is 0 Å². The quantitative estimate of drug-likeness (QED) is 0.581. The van der Waals surface area contributed by atoms with Gasteiger partial charge in [-0.1, -0.05) is 31.9 Å². The highest BCUT2D eigenvalue weighted by Gasteiger charge is 2.25. The zero-order chi connectivity index (χ0) is 17.2. The molecule has 1 rings (SSSR count). The van der Waals surface area contributed by atoms with Crippen LogP contribution in [0.4, 0.5) is 0 Å². The Labute approximate surface area is 155 Å². The van der Waals surface area contributed by atoms with E-state index in [0.717, 1.165) is 19.4 Å². The van der Waals surface area contributed by atoms with Gasteiger partial charge in [0.2, 0.25) is 5.91 Å². The molecule has 0 saturated carbocycles. The van der Waals surface area contributed by atoms with Gasteiger partial charge in [0.1, 0.15) is 6.04 Å². The van der Waals surface area contributed by atoms with Gasteiger partial charge in [0, 0.05) is 17.1 Å². The summed E-state index contributed by atoms with van der Waals surface area (Å²) in [5.74, 6) is -0.356. The Kier molecular flexibility index (Phi) is 11.5. The predicted molar refractivity (Wildman–Crippen MR) is 101 cm³/mol. The minimum absolute atomic E-state index is 0. The standard InChI is InChI=1S/C17H26ClN3O2.ClH/c1-4-12(2)15(17(23)20-11-5-10-19-3)21-16(22)13-6-8-14(18)9-7-13;/h6-9,12,15,19H,4-5,10-11H2,1-3H3,(H,20,23)(H,21,22);1H. The first-order chi connectivity index (χ1) is 11.0. The molecule has 1 aromatic rings. The SMILES string of the molecule is CCC(C)C(NC(=O)c1ccc(Cl)cc1)C(=O)NCCCNC.Cl. The maximum Gasteiger partial charge on any atom is 0.251 e. The molecule has 0 saturated heterocycles. The minimum Gasteiger partial charge on any atom is -0.354 e. The lowest BCUT2D eigenvalue weighted by Gasteiger charge is -2.23. The first-order valence-electron chi connectivity index (χ1n) is 7.98. The zero-order valence-electron chi connectivity index (χ0n) is 14.4. The van der Waals surface area contributed by atoms with Crippen LogP contribution in [0.2, 0.25) is 5.02 Å². The number of carbonyl (C=O) groups excluding carboxylic acids is 2. The van der Waals surface area contributed by atoms with Gasteiger partial charge in [-0.25, -0.2) is 0 Å². The lowest BCUT2D eigenvalue weighted by atomic mass is 9.97. The van der Waals surface area contributed by atoms with E-state index >= 15 is 0 Å². The summed E-state index contributed by atoms with van der Waals surface area (Å²) in [7, 11) is 1.87. The Morgan fingerprint density at radius 3 is 2.33 bits per heavy atom. The van der Waals surface area contributed by atoms with Crippen LogP contribution < -0.4 is 16.0 Å². The van der Waals surface area contributed by atoms with Crippen molar-refractivity contribution in [1.29, 1.82) is 0 Å². The molecule has 0 fully saturated rings. The summed E-state index contributed by atoms with van der Waals surface area (Å²) in [6, 6.07) is 6.07. The van der Waals surface area contributed by atoms with Crippen LogP contribution in [0.15, 0.2) is 24.3 Å². The topological polar surface area (TPSA) is 70.2 Å². The van der Waals surface area contributed by atoms with Crippen LogP contribution >= 0.6 is 24.0 Å². The first-order valence-corrected chi connectivity index (χ1v) is 8.36. The van der Waals surface area contributed by atoms with E-state index in [4.69, 9.17) is 11.6 Å². The summed E-state index contributed by atoms with van der Waals surface area (Å²) in [6.45, 7) is 5.38. The van der Waals surface area contributed by atoms with Gasteiger partial charge in [0.25, 0.3) is 5.91 Å². The van der Waals surface area contributed by atoms with Crippen LogP contribution in [0.1, 0.15) is 37.0 Å². The molecule has 2 unspecified atom stereocenters. The lowest BCUT2D eigenvalue weighted by Crippen LogP contribution is -2.50. The largest absolute Gasteiger partial charge is 0.354 e. The second-order valence-electron chi connectivity index (χ2n) is 5.59. The molecule has 1 aromatic carbocycles. The number of carbonyl (C=O) groups is 2. The van der Waals surface area contributed by atoms with E-state index in [-0.39, 0.29) is 30.1 Å². The van der Waals surface area contributed by atoms with Crippen molar-refractivity contribution in [3.63, 3.8) is 0 Å². The van der Waals surface area contributed by atoms with Gasteiger partial charge < -0.3 is 16.0 Å². The fourth-order valence-electron chi connectivity index (χ4n) is 2.11. The summed E-state index contributed by atoms with van der Waals surface area (Å²) < 4.78 is 0. The van der Waals surface area contributed by atoms with Crippen molar-refractivity contribution < 1.29 is 9.59 Å². The second kappa shape index (κ2) is 12.1. The van der Waals surface area contributed by atoms with Crippen LogP contribution in [0.5, 0.6) is 0 Å². The van der Waals surface area contributed by atoms with Crippen LogP contribution in [0.25, 0.3) is 0 Å². The Hall–Kier alpha value is -1.30. The monoisotopic (exact) mass is 375 g/mol. The molecule has 5 nitrogen and oxygen atoms in total. The van der Waals surface area contributed by atoms with Crippen molar-refractivity contribution in [3.05, 3.63) is 34.9 Å². The van der Waals surface area contributed by atoms with Crippen LogP contribution in [0.3, 0.4) is 0 Å². The normalized spacial score (nSPS) is 12.7. The number of halogens is 2. The van der Waals surface area contributed by atoms with Crippen molar-refractivity contribution in [2.24, 2.45) is 5.92 Å². The Morgan fingerprint density at radius 1 is 1.17 bits per heavy atom. The molecule has 0 heterocycles. The molecular weight excluding hydrogens is 349 g/mol. The number of benzene rings is 1. The van der Waals surface area contributed by atoms with Crippen LogP contribution in [0, 0.1) is 5.92 Å². The lowest BCUT2D eigenvalue weighted by molar-refractivity contribution is -0.124. The van der Waals surface area contributed by atoms with Crippen molar-refractivity contribution in [1.82, 2.24) is 16.0 Å². The van der Waals surface area contributed by atoms with Crippen LogP contribution in [-0.2, 0) is 4.79 Å². The van der Waals surface area contributed by atoms with Gasteiger partial charge in [-0.15, -0.1) is 12.4 Å². The van der Waals surface area contributed by atoms with Crippen molar-refractivity contribution >= 4 is 35.8 Å². The van der Waals surface area contributed by atoms with Crippen molar-refractivity contribution in [2.45, 2.75) is 32.7 Å². The molecule has 0 aliphatic carbocycles. The summed E-state index contributed by atoms with van der Waals surface area (Å²) in [4.78, 5) is 24.7. The van der Waals surface area contributed by atoms with E-state index in [1.165, 1.54) is 0 Å². The van der Waals surface area contributed by atoms with Gasteiger partial charge in [-0.3, -0.25) is 9.59 Å². The number of hydrogen-bond acceptors (Lipinski definition) is 3. The fraction of sp³-hybridized carbons (Fsp3) is 0.529. The number of rotatable bonds is 9. The Morgan fingerprint density at radius 2 is 1.79 bits per heavy atom. The number of nitrogens with one attached hydrogen (secondary N) is 3. The molecule has 7 heteroatoms. The molecule has 2 amide bonds. The summed E-state index contributed by atoms with van der Waals surface area (Å²) in [5.41, 5.74) is 0.491. The fourth-order valence-corrected chi connectivity index (χ4v) is 2.24. The summed E-state index contributed by atoms with van der Waals surface area (Å²) in [5, 5.41) is 9.32. The molecule has 0 radical (unpaired) electrons. The van der Waals surface area contributed by atoms with Crippen molar-refractivity contribution in [2.75, 3.05) is 20.1 Å². The second-order valence-corrected chi connectivity index (χ2v) is 6.03. The summed E-state index contributed by atoms with van der Waals surface area (Å²) >= 11 is 5.83. The van der Waals surface area contributed by atoms with Crippen LogP contribution in [-0.4, -0.2) is 38.0 Å².